The molecular formula is C13H23N3O2S2. The molecule has 0 aromatic carbocycles. The van der Waals surface area contributed by atoms with Crippen LogP contribution < -0.4 is 5.32 Å². The number of nitrogens with zero attached hydrogens (tertiary/aromatic N) is 2. The van der Waals surface area contributed by atoms with E-state index in [1.165, 1.54) is 0 Å². The van der Waals surface area contributed by atoms with Crippen LogP contribution in [0.25, 0.3) is 0 Å². The Hall–Kier alpha value is -0.500. The van der Waals surface area contributed by atoms with E-state index in [-0.39, 0.29) is 17.0 Å². The van der Waals surface area contributed by atoms with Gasteiger partial charge in [0.15, 0.2) is 9.84 Å². The number of thiazole rings is 1. The first-order valence-corrected chi connectivity index (χ1v) is 9.55. The molecule has 0 bridgehead atoms. The predicted molar refractivity (Wildman–Crippen MR) is 82.6 cm³/mol. The smallest absolute Gasteiger partial charge is 0.152 e. The van der Waals surface area contributed by atoms with E-state index in [0.717, 1.165) is 23.8 Å². The minimum absolute atomic E-state index is 0.0903. The second-order valence-electron chi connectivity index (χ2n) is 6.26. The summed E-state index contributed by atoms with van der Waals surface area (Å²) in [7, 11) is -2.80. The molecule has 5 nitrogen and oxygen atoms in total. The highest BCUT2D eigenvalue weighted by Crippen LogP contribution is 2.14. The Balaban J connectivity index is 1.84. The topological polar surface area (TPSA) is 62.3 Å². The monoisotopic (exact) mass is 317 g/mol. The third-order valence-electron chi connectivity index (χ3n) is 3.19. The predicted octanol–water partition coefficient (Wildman–Crippen LogP) is 1.26. The molecule has 1 saturated heterocycles. The summed E-state index contributed by atoms with van der Waals surface area (Å²) in [5, 5.41) is 6.58. The van der Waals surface area contributed by atoms with Gasteiger partial charge in [-0.25, -0.2) is 13.4 Å². The van der Waals surface area contributed by atoms with Crippen LogP contribution in [0.15, 0.2) is 5.38 Å². The van der Waals surface area contributed by atoms with Crippen LogP contribution >= 0.6 is 11.3 Å². The molecule has 1 aromatic heterocycles. The zero-order chi connectivity index (χ0) is 14.8. The van der Waals surface area contributed by atoms with Gasteiger partial charge < -0.3 is 5.32 Å². The molecule has 114 valence electrons. The van der Waals surface area contributed by atoms with Gasteiger partial charge in [0.2, 0.25) is 0 Å². The van der Waals surface area contributed by atoms with E-state index < -0.39 is 9.84 Å². The van der Waals surface area contributed by atoms with Gasteiger partial charge >= 0.3 is 0 Å². The third kappa shape index (κ3) is 5.12. The molecule has 2 rings (SSSR count). The van der Waals surface area contributed by atoms with Crippen molar-refractivity contribution in [1.29, 1.82) is 0 Å². The van der Waals surface area contributed by atoms with Crippen LogP contribution in [-0.2, 0) is 22.9 Å². The van der Waals surface area contributed by atoms with Gasteiger partial charge in [-0.15, -0.1) is 11.3 Å². The zero-order valence-corrected chi connectivity index (χ0v) is 14.0. The standard InChI is InChI=1S/C13H23N3O2S2/c1-13(2,3)14-8-12-15-11(10-19-12)9-16-4-6-20(17,18)7-5-16/h10,14H,4-9H2,1-3H3. The van der Waals surface area contributed by atoms with Gasteiger partial charge in [0, 0.05) is 37.1 Å². The van der Waals surface area contributed by atoms with Gasteiger partial charge in [-0.2, -0.15) is 0 Å². The molecule has 2 heterocycles. The molecule has 0 amide bonds. The number of hydrogen-bond acceptors (Lipinski definition) is 6. The minimum Gasteiger partial charge on any atom is -0.306 e. The van der Waals surface area contributed by atoms with Gasteiger partial charge in [-0.05, 0) is 20.8 Å². The maximum absolute atomic E-state index is 11.4. The summed E-state index contributed by atoms with van der Waals surface area (Å²) in [5.41, 5.74) is 1.13. The van der Waals surface area contributed by atoms with Gasteiger partial charge in [0.05, 0.1) is 17.2 Å². The van der Waals surface area contributed by atoms with E-state index in [2.05, 4.69) is 41.4 Å². The van der Waals surface area contributed by atoms with Crippen LogP contribution in [0, 0.1) is 0 Å². The van der Waals surface area contributed by atoms with E-state index in [9.17, 15) is 8.42 Å². The lowest BCUT2D eigenvalue weighted by Crippen LogP contribution is -2.39. The molecule has 1 aromatic rings. The van der Waals surface area contributed by atoms with Crippen LogP contribution in [-0.4, -0.2) is 48.4 Å². The fourth-order valence-corrected chi connectivity index (χ4v) is 3.98. The normalized spacial score (nSPS) is 20.1. The largest absolute Gasteiger partial charge is 0.306 e. The summed E-state index contributed by atoms with van der Waals surface area (Å²) >= 11 is 1.66. The summed E-state index contributed by atoms with van der Waals surface area (Å²) in [6, 6.07) is 0. The van der Waals surface area contributed by atoms with Crippen molar-refractivity contribution < 1.29 is 8.42 Å². The highest BCUT2D eigenvalue weighted by Gasteiger charge is 2.22. The Morgan fingerprint density at radius 2 is 2.00 bits per heavy atom. The van der Waals surface area contributed by atoms with Gasteiger partial charge in [-0.3, -0.25) is 4.90 Å². The molecule has 0 aliphatic carbocycles. The minimum atomic E-state index is -2.80. The lowest BCUT2D eigenvalue weighted by atomic mass is 10.1. The van der Waals surface area contributed by atoms with Gasteiger partial charge in [0.1, 0.15) is 5.01 Å². The van der Waals surface area contributed by atoms with Crippen LogP contribution in [0.1, 0.15) is 31.5 Å². The van der Waals surface area contributed by atoms with Crippen molar-refractivity contribution in [2.24, 2.45) is 0 Å². The highest BCUT2D eigenvalue weighted by atomic mass is 32.2. The first-order valence-electron chi connectivity index (χ1n) is 6.85. The Labute approximate surface area is 125 Å². The lowest BCUT2D eigenvalue weighted by Gasteiger charge is -2.25. The van der Waals surface area contributed by atoms with Crippen molar-refractivity contribution in [1.82, 2.24) is 15.2 Å². The molecule has 7 heteroatoms. The SMILES string of the molecule is CC(C)(C)NCc1nc(CN2CCS(=O)(=O)CC2)cs1. The van der Waals surface area contributed by atoms with Crippen molar-refractivity contribution in [3.8, 4) is 0 Å². The molecule has 20 heavy (non-hydrogen) atoms. The van der Waals surface area contributed by atoms with E-state index >= 15 is 0 Å². The summed E-state index contributed by atoms with van der Waals surface area (Å²) in [4.78, 5) is 6.77. The summed E-state index contributed by atoms with van der Waals surface area (Å²) in [5.74, 6) is 0.547. The Morgan fingerprint density at radius 3 is 2.60 bits per heavy atom. The van der Waals surface area contributed by atoms with E-state index in [0.29, 0.717) is 13.1 Å². The van der Waals surface area contributed by atoms with Crippen molar-refractivity contribution in [3.63, 3.8) is 0 Å². The summed E-state index contributed by atoms with van der Waals surface area (Å²) < 4.78 is 22.8. The number of aromatic nitrogens is 1. The zero-order valence-electron chi connectivity index (χ0n) is 12.3. The van der Waals surface area contributed by atoms with E-state index in [1.54, 1.807) is 11.3 Å². The number of nitrogens with one attached hydrogen (secondary N) is 1. The van der Waals surface area contributed by atoms with E-state index in [4.69, 9.17) is 0 Å². The molecule has 1 fully saturated rings. The Kier molecular flexibility index (Phi) is 4.84. The fraction of sp³-hybridized carbons (Fsp3) is 0.769. The fourth-order valence-electron chi connectivity index (χ4n) is 1.98. The first kappa shape index (κ1) is 15.9. The molecule has 1 N–H and O–H groups in total. The van der Waals surface area contributed by atoms with Crippen molar-refractivity contribution in [2.45, 2.75) is 39.4 Å². The molecule has 0 radical (unpaired) electrons. The summed E-state index contributed by atoms with van der Waals surface area (Å²) in [6.45, 7) is 9.18. The van der Waals surface area contributed by atoms with Crippen LogP contribution in [0.3, 0.4) is 0 Å². The summed E-state index contributed by atoms with van der Waals surface area (Å²) in [6.07, 6.45) is 0. The molecule has 1 aliphatic heterocycles. The first-order chi connectivity index (χ1) is 9.23. The van der Waals surface area contributed by atoms with Crippen molar-refractivity contribution in [2.75, 3.05) is 24.6 Å². The van der Waals surface area contributed by atoms with E-state index in [1.807, 2.05) is 0 Å². The molecule has 0 atom stereocenters. The quantitative estimate of drug-likeness (QED) is 0.906. The Bertz CT molecular complexity index is 532. The molecule has 0 saturated carbocycles. The molecule has 0 unspecified atom stereocenters. The second-order valence-corrected chi connectivity index (χ2v) is 9.51. The molecule has 0 spiro atoms. The molecular weight excluding hydrogens is 294 g/mol. The second kappa shape index (κ2) is 6.09. The number of hydrogen-bond donors (Lipinski definition) is 1. The van der Waals surface area contributed by atoms with Gasteiger partial charge in [0.25, 0.3) is 0 Å². The van der Waals surface area contributed by atoms with Crippen molar-refractivity contribution >= 4 is 21.2 Å². The van der Waals surface area contributed by atoms with Crippen LogP contribution in [0.2, 0.25) is 0 Å². The van der Waals surface area contributed by atoms with Crippen LogP contribution in [0.4, 0.5) is 0 Å². The maximum atomic E-state index is 11.4. The molecule has 1 aliphatic rings. The Morgan fingerprint density at radius 1 is 1.35 bits per heavy atom. The average molecular weight is 317 g/mol. The lowest BCUT2D eigenvalue weighted by molar-refractivity contribution is 0.284. The third-order valence-corrected chi connectivity index (χ3v) is 5.70. The average Bonchev–Trinajstić information content (AvgIpc) is 2.76. The van der Waals surface area contributed by atoms with Crippen LogP contribution in [0.5, 0.6) is 0 Å². The van der Waals surface area contributed by atoms with Crippen molar-refractivity contribution in [3.05, 3.63) is 16.1 Å². The van der Waals surface area contributed by atoms with Gasteiger partial charge in [-0.1, -0.05) is 0 Å². The number of sulfone groups is 1. The maximum Gasteiger partial charge on any atom is 0.152 e. The number of rotatable bonds is 4. The highest BCUT2D eigenvalue weighted by molar-refractivity contribution is 7.91.